The zero-order chi connectivity index (χ0) is 11.4. The quantitative estimate of drug-likeness (QED) is 0.760. The molecule has 0 saturated heterocycles. The number of thioether (sulfide) groups is 1. The Balaban J connectivity index is 2.45. The molecule has 0 aliphatic carbocycles. The molecule has 0 bridgehead atoms. The average molecular weight is 253 g/mol. The molecule has 6 heteroatoms. The minimum Gasteiger partial charge on any atom is -0.313 e. The van der Waals surface area contributed by atoms with Gasteiger partial charge in [-0.3, -0.25) is 0 Å². The van der Waals surface area contributed by atoms with Crippen molar-refractivity contribution in [3.63, 3.8) is 0 Å². The molecule has 0 saturated carbocycles. The van der Waals surface area contributed by atoms with Crippen molar-refractivity contribution >= 4 is 23.4 Å². The number of hydrogen-bond donors (Lipinski definition) is 0. The summed E-state index contributed by atoms with van der Waals surface area (Å²) in [5, 5.41) is 1.22. The minimum atomic E-state index is -0.756. The van der Waals surface area contributed by atoms with Crippen LogP contribution in [0.5, 0.6) is 0 Å². The molecule has 84 valence electrons. The molecule has 1 heterocycles. The van der Waals surface area contributed by atoms with Crippen LogP contribution >= 0.6 is 23.4 Å². The number of hydrogen-bond acceptors (Lipinski definition) is 2. The minimum absolute atomic E-state index is 0.0669. The van der Waals surface area contributed by atoms with Gasteiger partial charge in [-0.1, -0.05) is 23.4 Å². The zero-order valence-corrected chi connectivity index (χ0v) is 10.0. The lowest BCUT2D eigenvalue weighted by molar-refractivity contribution is 0.519. The molecule has 0 atom stereocenters. The Morgan fingerprint density at radius 2 is 2.27 bits per heavy atom. The van der Waals surface area contributed by atoms with Crippen LogP contribution in [0.2, 0.25) is 5.15 Å². The monoisotopic (exact) mass is 252 g/mol. The van der Waals surface area contributed by atoms with E-state index in [1.807, 2.05) is 0 Å². The molecule has 0 N–H and O–H groups in total. The molecule has 0 aliphatic heterocycles. The summed E-state index contributed by atoms with van der Waals surface area (Å²) in [5.74, 6) is -1.02. The van der Waals surface area contributed by atoms with Crippen molar-refractivity contribution in [1.82, 2.24) is 9.55 Å². The van der Waals surface area contributed by atoms with Gasteiger partial charge in [-0.25, -0.2) is 13.8 Å². The van der Waals surface area contributed by atoms with Gasteiger partial charge in [-0.15, -0.1) is 0 Å². The molecule has 0 spiro atoms. The average Bonchev–Trinajstić information content (AvgIpc) is 2.49. The van der Waals surface area contributed by atoms with Gasteiger partial charge in [0.05, 0.1) is 6.20 Å². The fraction of sp³-hybridized carbons (Fsp3) is 0.444. The van der Waals surface area contributed by atoms with Gasteiger partial charge in [0, 0.05) is 19.2 Å². The number of halogens is 3. The lowest BCUT2D eigenvalue weighted by Gasteiger charge is -2.01. The van der Waals surface area contributed by atoms with E-state index >= 15 is 0 Å². The molecule has 0 fully saturated rings. The maximum Gasteiger partial charge on any atom is 0.168 e. The standard InChI is InChI=1S/C9H11ClF2N2S/c1-6(11)7(12)3-4-15-9-13-5-8(10)14(9)2/h5H,3-4H2,1-2H3/b7-6+. The summed E-state index contributed by atoms with van der Waals surface area (Å²) in [5.41, 5.74) is 0. The summed E-state index contributed by atoms with van der Waals surface area (Å²) in [4.78, 5) is 4.02. The molecule has 1 rings (SSSR count). The molecule has 1 aromatic rings. The first-order chi connectivity index (χ1) is 7.02. The highest BCUT2D eigenvalue weighted by molar-refractivity contribution is 7.99. The van der Waals surface area contributed by atoms with Crippen LogP contribution in [0.15, 0.2) is 23.0 Å². The van der Waals surface area contributed by atoms with Gasteiger partial charge >= 0.3 is 0 Å². The fourth-order valence-electron chi connectivity index (χ4n) is 0.911. The van der Waals surface area contributed by atoms with E-state index in [2.05, 4.69) is 4.98 Å². The lowest BCUT2D eigenvalue weighted by atomic mass is 10.4. The van der Waals surface area contributed by atoms with Crippen LogP contribution in [0.3, 0.4) is 0 Å². The summed E-state index contributed by atoms with van der Waals surface area (Å²) < 4.78 is 26.8. The number of allylic oxidation sites excluding steroid dienone is 2. The molecule has 0 unspecified atom stereocenters. The maximum absolute atomic E-state index is 12.8. The summed E-state index contributed by atoms with van der Waals surface area (Å²) in [6.45, 7) is 1.11. The van der Waals surface area contributed by atoms with Gasteiger partial charge in [-0.05, 0) is 6.92 Å². The lowest BCUT2D eigenvalue weighted by Crippen LogP contribution is -1.92. The van der Waals surface area contributed by atoms with Crippen LogP contribution in [-0.4, -0.2) is 15.3 Å². The summed E-state index contributed by atoms with van der Waals surface area (Å²) in [7, 11) is 1.77. The highest BCUT2D eigenvalue weighted by Crippen LogP contribution is 2.23. The van der Waals surface area contributed by atoms with Crippen molar-refractivity contribution in [2.24, 2.45) is 7.05 Å². The maximum atomic E-state index is 12.8. The third kappa shape index (κ3) is 3.50. The topological polar surface area (TPSA) is 17.8 Å². The van der Waals surface area contributed by atoms with Gasteiger partial charge in [0.25, 0.3) is 0 Å². The van der Waals surface area contributed by atoms with Gasteiger partial charge in [0.15, 0.2) is 5.16 Å². The second-order valence-corrected chi connectivity index (χ2v) is 4.41. The van der Waals surface area contributed by atoms with Crippen LogP contribution in [0.4, 0.5) is 8.78 Å². The van der Waals surface area contributed by atoms with E-state index in [4.69, 9.17) is 11.6 Å². The molecule has 0 aromatic carbocycles. The number of nitrogens with zero attached hydrogens (tertiary/aromatic N) is 2. The van der Waals surface area contributed by atoms with E-state index in [1.54, 1.807) is 11.6 Å². The number of aromatic nitrogens is 2. The third-order valence-corrected chi connectivity index (χ3v) is 3.21. The first-order valence-corrected chi connectivity index (χ1v) is 5.69. The normalized spacial score (nSPS) is 12.9. The first-order valence-electron chi connectivity index (χ1n) is 4.33. The van der Waals surface area contributed by atoms with Gasteiger partial charge in [-0.2, -0.15) is 0 Å². The van der Waals surface area contributed by atoms with Crippen LogP contribution in [0.1, 0.15) is 13.3 Å². The summed E-state index contributed by atoms with van der Waals surface area (Å²) in [6.07, 6.45) is 1.59. The predicted molar refractivity (Wildman–Crippen MR) is 58.5 cm³/mol. The molecular formula is C9H11ClF2N2S. The van der Waals surface area contributed by atoms with Crippen molar-refractivity contribution in [1.29, 1.82) is 0 Å². The van der Waals surface area contributed by atoms with Gasteiger partial charge < -0.3 is 4.57 Å². The van der Waals surface area contributed by atoms with Crippen LogP contribution in [-0.2, 0) is 7.05 Å². The summed E-state index contributed by atoms with van der Waals surface area (Å²) >= 11 is 7.11. The fourth-order valence-corrected chi connectivity index (χ4v) is 1.97. The second kappa shape index (κ2) is 5.51. The molecule has 0 radical (unpaired) electrons. The highest BCUT2D eigenvalue weighted by atomic mass is 35.5. The molecule has 0 amide bonds. The van der Waals surface area contributed by atoms with Crippen molar-refractivity contribution in [2.45, 2.75) is 18.5 Å². The molecule has 15 heavy (non-hydrogen) atoms. The van der Waals surface area contributed by atoms with Crippen LogP contribution in [0, 0.1) is 0 Å². The van der Waals surface area contributed by atoms with E-state index in [1.165, 1.54) is 18.0 Å². The van der Waals surface area contributed by atoms with E-state index in [-0.39, 0.29) is 6.42 Å². The van der Waals surface area contributed by atoms with Crippen LogP contribution in [0.25, 0.3) is 0 Å². The number of rotatable bonds is 4. The van der Waals surface area contributed by atoms with Crippen LogP contribution < -0.4 is 0 Å². The Morgan fingerprint density at radius 3 is 2.73 bits per heavy atom. The van der Waals surface area contributed by atoms with E-state index in [9.17, 15) is 8.78 Å². The second-order valence-electron chi connectivity index (χ2n) is 2.96. The third-order valence-electron chi connectivity index (χ3n) is 1.82. The Bertz CT molecular complexity index is 372. The molecule has 1 aromatic heterocycles. The van der Waals surface area contributed by atoms with Crippen molar-refractivity contribution in [3.05, 3.63) is 23.0 Å². The Kier molecular flexibility index (Phi) is 4.60. The SMILES string of the molecule is C/C(F)=C(\F)CCSc1ncc(Cl)n1C. The Morgan fingerprint density at radius 1 is 1.60 bits per heavy atom. The molecule has 0 aliphatic rings. The van der Waals surface area contributed by atoms with E-state index in [0.29, 0.717) is 16.1 Å². The Labute approximate surface area is 96.3 Å². The van der Waals surface area contributed by atoms with Crippen molar-refractivity contribution in [2.75, 3.05) is 5.75 Å². The van der Waals surface area contributed by atoms with Crippen molar-refractivity contribution in [3.8, 4) is 0 Å². The van der Waals surface area contributed by atoms with E-state index < -0.39 is 11.7 Å². The summed E-state index contributed by atoms with van der Waals surface area (Å²) in [6, 6.07) is 0. The Hall–Kier alpha value is -0.550. The smallest absolute Gasteiger partial charge is 0.168 e. The first kappa shape index (κ1) is 12.5. The van der Waals surface area contributed by atoms with E-state index in [0.717, 1.165) is 6.92 Å². The molecule has 2 nitrogen and oxygen atoms in total. The highest BCUT2D eigenvalue weighted by Gasteiger charge is 2.06. The van der Waals surface area contributed by atoms with Gasteiger partial charge in [0.1, 0.15) is 16.8 Å². The van der Waals surface area contributed by atoms with Gasteiger partial charge in [0.2, 0.25) is 0 Å². The number of imidazole rings is 1. The van der Waals surface area contributed by atoms with Crippen molar-refractivity contribution < 1.29 is 8.78 Å². The molecular weight excluding hydrogens is 242 g/mol. The zero-order valence-electron chi connectivity index (χ0n) is 8.43. The largest absolute Gasteiger partial charge is 0.313 e. The predicted octanol–water partition coefficient (Wildman–Crippen LogP) is 3.73.